The van der Waals surface area contributed by atoms with Gasteiger partial charge in [0.2, 0.25) is 0 Å². The molecule has 0 radical (unpaired) electrons. The average Bonchev–Trinajstić information content (AvgIpc) is 3.17. The van der Waals surface area contributed by atoms with E-state index in [0.717, 1.165) is 45.9 Å². The van der Waals surface area contributed by atoms with E-state index in [-0.39, 0.29) is 5.41 Å². The second kappa shape index (κ2) is 12.0. The molecule has 0 aliphatic carbocycles. The van der Waals surface area contributed by atoms with Crippen molar-refractivity contribution in [1.82, 2.24) is 15.3 Å². The lowest BCUT2D eigenvalue weighted by atomic mass is 9.73. The fourth-order valence-electron chi connectivity index (χ4n) is 8.14. The molecule has 0 saturated carbocycles. The Hall–Kier alpha value is -6.26. The zero-order valence-corrected chi connectivity index (χ0v) is 29.1. The molecule has 4 heteroatoms. The van der Waals surface area contributed by atoms with Crippen LogP contribution in [0.3, 0.4) is 0 Å². The number of benzene rings is 5. The molecule has 0 bridgehead atoms. The van der Waals surface area contributed by atoms with Crippen molar-refractivity contribution in [3.05, 3.63) is 174 Å². The van der Waals surface area contributed by atoms with Crippen molar-refractivity contribution < 1.29 is 0 Å². The number of aryl methyl sites for hydroxylation is 1. The van der Waals surface area contributed by atoms with E-state index in [2.05, 4.69) is 159 Å². The molecule has 4 nitrogen and oxygen atoms in total. The SMILES string of the molecule is C=C/C=C\c1ccc2ccc(N3c4ccc(-c5c6ccccc6c(C6=CCNC=C6)c6ccccc56)cc4C(C)(C)c4cccnc43)nc2c1C. The maximum absolute atomic E-state index is 5.34. The van der Waals surface area contributed by atoms with Crippen molar-refractivity contribution in [2.75, 3.05) is 11.4 Å². The van der Waals surface area contributed by atoms with E-state index in [4.69, 9.17) is 9.97 Å². The molecule has 5 aromatic carbocycles. The minimum absolute atomic E-state index is 0.308. The molecule has 9 rings (SSSR count). The molecular formula is C47H38N4. The number of aromatic nitrogens is 2. The fraction of sp³-hybridized carbons (Fsp3) is 0.106. The van der Waals surface area contributed by atoms with Gasteiger partial charge in [-0.1, -0.05) is 118 Å². The molecule has 2 aliphatic heterocycles. The van der Waals surface area contributed by atoms with Crippen LogP contribution < -0.4 is 10.2 Å². The van der Waals surface area contributed by atoms with Crippen molar-refractivity contribution in [3.8, 4) is 11.1 Å². The normalized spacial score (nSPS) is 14.8. The van der Waals surface area contributed by atoms with E-state index in [1.165, 1.54) is 54.9 Å². The first kappa shape index (κ1) is 30.8. The Kier molecular flexibility index (Phi) is 7.22. The number of rotatable bonds is 5. The average molecular weight is 659 g/mol. The molecule has 2 aromatic heterocycles. The Morgan fingerprint density at radius 1 is 0.804 bits per heavy atom. The van der Waals surface area contributed by atoms with Crippen molar-refractivity contribution >= 4 is 61.4 Å². The summed E-state index contributed by atoms with van der Waals surface area (Å²) in [4.78, 5) is 12.6. The molecule has 1 N–H and O–H groups in total. The van der Waals surface area contributed by atoms with Crippen LogP contribution in [0.4, 0.5) is 17.3 Å². The molecule has 0 spiro atoms. The molecule has 7 aromatic rings. The third kappa shape index (κ3) is 4.82. The summed E-state index contributed by atoms with van der Waals surface area (Å²) in [6.07, 6.45) is 14.3. The van der Waals surface area contributed by atoms with Gasteiger partial charge in [-0.05, 0) is 110 Å². The highest BCUT2D eigenvalue weighted by Crippen LogP contribution is 2.52. The van der Waals surface area contributed by atoms with Crippen molar-refractivity contribution in [2.45, 2.75) is 26.2 Å². The van der Waals surface area contributed by atoms with E-state index >= 15 is 0 Å². The summed E-state index contributed by atoms with van der Waals surface area (Å²) < 4.78 is 0. The lowest BCUT2D eigenvalue weighted by Crippen LogP contribution is -2.31. The molecule has 0 fully saturated rings. The van der Waals surface area contributed by atoms with Gasteiger partial charge in [-0.2, -0.15) is 0 Å². The van der Waals surface area contributed by atoms with Crippen LogP contribution in [0.15, 0.2) is 146 Å². The van der Waals surface area contributed by atoms with Crippen LogP contribution in [0.1, 0.15) is 41.7 Å². The quantitative estimate of drug-likeness (QED) is 0.148. The summed E-state index contributed by atoms with van der Waals surface area (Å²) in [6, 6.07) is 37.6. The Morgan fingerprint density at radius 3 is 2.24 bits per heavy atom. The number of nitrogens with zero attached hydrogens (tertiary/aromatic N) is 3. The number of pyridine rings is 2. The van der Waals surface area contributed by atoms with E-state index in [1.807, 2.05) is 18.3 Å². The number of nitrogens with one attached hydrogen (secondary N) is 1. The number of fused-ring (bicyclic) bond motifs is 5. The molecular weight excluding hydrogens is 621 g/mol. The zero-order chi connectivity index (χ0) is 34.7. The third-order valence-electron chi connectivity index (χ3n) is 10.7. The monoisotopic (exact) mass is 658 g/mol. The fourth-order valence-corrected chi connectivity index (χ4v) is 8.14. The van der Waals surface area contributed by atoms with Crippen LogP contribution in [-0.4, -0.2) is 16.5 Å². The van der Waals surface area contributed by atoms with Crippen molar-refractivity contribution in [3.63, 3.8) is 0 Å². The molecule has 51 heavy (non-hydrogen) atoms. The highest BCUT2D eigenvalue weighted by molar-refractivity contribution is 6.19. The Bertz CT molecular complexity index is 2600. The summed E-state index contributed by atoms with van der Waals surface area (Å²) in [5, 5.41) is 9.45. The van der Waals surface area contributed by atoms with Crippen LogP contribution in [0, 0.1) is 6.92 Å². The molecule has 0 saturated heterocycles. The van der Waals surface area contributed by atoms with Gasteiger partial charge >= 0.3 is 0 Å². The standard InChI is InChI=1S/C47H38N4/c1-5-6-12-31-18-19-33-21-23-42(50-45(33)30(31)2)51-41-22-20-34(29-40(41)47(3,4)39-17-11-26-49-46(39)51)44-37-15-9-7-13-35(37)43(32-24-27-48-28-25-32)36-14-8-10-16-38(36)44/h5-27,29,48H,1,28H2,2-4H3/b12-6-. The van der Waals surface area contributed by atoms with E-state index in [1.54, 1.807) is 6.08 Å². The van der Waals surface area contributed by atoms with Crippen molar-refractivity contribution in [2.24, 2.45) is 0 Å². The van der Waals surface area contributed by atoms with Crippen LogP contribution in [-0.2, 0) is 5.41 Å². The lowest BCUT2D eigenvalue weighted by Gasteiger charge is -2.40. The van der Waals surface area contributed by atoms with Gasteiger partial charge in [-0.3, -0.25) is 4.90 Å². The first-order chi connectivity index (χ1) is 25.0. The van der Waals surface area contributed by atoms with Crippen LogP contribution >= 0.6 is 0 Å². The molecule has 4 heterocycles. The molecule has 2 aliphatic rings. The number of allylic oxidation sites excluding steroid dienone is 4. The Labute approximate surface area is 298 Å². The van der Waals surface area contributed by atoms with Gasteiger partial charge in [-0.25, -0.2) is 9.97 Å². The first-order valence-electron chi connectivity index (χ1n) is 17.6. The van der Waals surface area contributed by atoms with Gasteiger partial charge in [0, 0.05) is 29.1 Å². The van der Waals surface area contributed by atoms with Gasteiger partial charge in [0.25, 0.3) is 0 Å². The number of hydrogen-bond acceptors (Lipinski definition) is 4. The van der Waals surface area contributed by atoms with E-state index in [9.17, 15) is 0 Å². The number of anilines is 3. The summed E-state index contributed by atoms with van der Waals surface area (Å²) >= 11 is 0. The summed E-state index contributed by atoms with van der Waals surface area (Å²) in [6.45, 7) is 11.5. The second-order valence-electron chi connectivity index (χ2n) is 13.9. The maximum Gasteiger partial charge on any atom is 0.142 e. The Morgan fingerprint density at radius 2 is 1.53 bits per heavy atom. The topological polar surface area (TPSA) is 41.0 Å². The summed E-state index contributed by atoms with van der Waals surface area (Å²) in [7, 11) is 0. The molecule has 0 atom stereocenters. The highest BCUT2D eigenvalue weighted by Gasteiger charge is 2.38. The van der Waals surface area contributed by atoms with Gasteiger partial charge in [0.1, 0.15) is 11.6 Å². The van der Waals surface area contributed by atoms with Gasteiger partial charge in [0.05, 0.1) is 11.2 Å². The van der Waals surface area contributed by atoms with Gasteiger partial charge in [0.15, 0.2) is 0 Å². The first-order valence-corrected chi connectivity index (χ1v) is 17.6. The summed E-state index contributed by atoms with van der Waals surface area (Å²) in [5.41, 5.74) is 11.4. The number of dihydropyridines is 1. The molecule has 246 valence electrons. The smallest absolute Gasteiger partial charge is 0.142 e. The van der Waals surface area contributed by atoms with Crippen LogP contribution in [0.25, 0.3) is 55.2 Å². The third-order valence-corrected chi connectivity index (χ3v) is 10.7. The minimum atomic E-state index is -0.308. The van der Waals surface area contributed by atoms with Crippen molar-refractivity contribution in [1.29, 1.82) is 0 Å². The van der Waals surface area contributed by atoms with E-state index in [0.29, 0.717) is 0 Å². The highest BCUT2D eigenvalue weighted by atomic mass is 15.3. The van der Waals surface area contributed by atoms with Gasteiger partial charge < -0.3 is 5.32 Å². The predicted octanol–water partition coefficient (Wildman–Crippen LogP) is 11.7. The predicted molar refractivity (Wildman–Crippen MR) is 216 cm³/mol. The van der Waals surface area contributed by atoms with Crippen LogP contribution in [0.2, 0.25) is 0 Å². The zero-order valence-electron chi connectivity index (χ0n) is 29.1. The minimum Gasteiger partial charge on any atom is -0.387 e. The maximum atomic E-state index is 5.34. The molecule has 0 amide bonds. The molecule has 0 unspecified atom stereocenters. The van der Waals surface area contributed by atoms with E-state index < -0.39 is 0 Å². The largest absolute Gasteiger partial charge is 0.387 e. The second-order valence-corrected chi connectivity index (χ2v) is 13.9. The summed E-state index contributed by atoms with van der Waals surface area (Å²) in [5.74, 6) is 1.77. The Balaban J connectivity index is 1.29. The lowest BCUT2D eigenvalue weighted by molar-refractivity contribution is 0.627. The van der Waals surface area contributed by atoms with Crippen LogP contribution in [0.5, 0.6) is 0 Å². The van der Waals surface area contributed by atoms with Gasteiger partial charge in [-0.15, -0.1) is 0 Å². The number of hydrogen-bond donors (Lipinski definition) is 1.